The molecule has 0 N–H and O–H groups in total. The second-order valence-corrected chi connectivity index (χ2v) is 1.26. The van der Waals surface area contributed by atoms with E-state index < -0.39 is 0 Å². The second-order valence-electron chi connectivity index (χ2n) is 1.26. The summed E-state index contributed by atoms with van der Waals surface area (Å²) in [6.45, 7) is 10.2. The maximum absolute atomic E-state index is 4.09. The molecule has 1 nitrogen and oxygen atoms in total. The molecule has 0 unspecified atom stereocenters. The van der Waals surface area contributed by atoms with Gasteiger partial charge in [-0.05, 0) is 0 Å². The van der Waals surface area contributed by atoms with Crippen LogP contribution < -0.4 is 0 Å². The summed E-state index contributed by atoms with van der Waals surface area (Å²) in [7, 11) is 0. The zero-order valence-electron chi connectivity index (χ0n) is 7.07. The minimum Gasteiger partial charge on any atom is -0.662 e. The molecule has 0 bridgehead atoms. The molecule has 0 aliphatic heterocycles. The smallest absolute Gasteiger partial charge is 0 e. The average molecular weight is 354 g/mol. The summed E-state index contributed by atoms with van der Waals surface area (Å²) in [5.74, 6) is 0. The van der Waals surface area contributed by atoms with Crippen LogP contribution in [0.3, 0.4) is 0 Å². The molecule has 0 saturated carbocycles. The Bertz CT molecular complexity index is 20.9. The molecule has 0 radical (unpaired) electrons. The Balaban J connectivity index is -0.000000109. The first-order valence-electron chi connectivity index (χ1n) is 3.55. The Morgan fingerprint density at radius 2 is 1.56 bits per heavy atom. The summed E-state index contributed by atoms with van der Waals surface area (Å²) in [5, 5.41) is 4.09. The van der Waals surface area contributed by atoms with E-state index in [9.17, 15) is 0 Å². The molecule has 2 heteroatoms. The van der Waals surface area contributed by atoms with Crippen molar-refractivity contribution in [3.05, 3.63) is 5.32 Å². The van der Waals surface area contributed by atoms with Crippen LogP contribution in [0, 0.1) is 31.1 Å². The Kier molecular flexibility index (Phi) is 42.3. The first-order chi connectivity index (χ1) is 3.91. The molecule has 0 amide bonds. The van der Waals surface area contributed by atoms with E-state index in [1.165, 1.54) is 6.42 Å². The summed E-state index contributed by atoms with van der Waals surface area (Å²) in [6, 6.07) is 0. The zero-order valence-corrected chi connectivity index (χ0v) is 11.2. The molecule has 0 aromatic heterocycles. The molecule has 0 aromatic carbocycles. The van der Waals surface area contributed by atoms with Crippen LogP contribution in [0.1, 0.15) is 34.1 Å². The van der Waals surface area contributed by atoms with Crippen molar-refractivity contribution in [2.24, 2.45) is 0 Å². The summed E-state index contributed by atoms with van der Waals surface area (Å²) >= 11 is 0. The average Bonchev–Trinajstić information content (AvgIpc) is 1.88. The van der Waals surface area contributed by atoms with Gasteiger partial charge in [-0.2, -0.15) is 6.54 Å². The van der Waals surface area contributed by atoms with Crippen molar-refractivity contribution in [3.8, 4) is 0 Å². The fourth-order valence-electron chi connectivity index (χ4n) is 0.316. The molecular weight excluding hydrogens is 336 g/mol. The van der Waals surface area contributed by atoms with Gasteiger partial charge in [0.1, 0.15) is 0 Å². The van der Waals surface area contributed by atoms with Crippen molar-refractivity contribution in [1.29, 1.82) is 0 Å². The molecule has 0 atom stereocenters. The van der Waals surface area contributed by atoms with E-state index in [1.807, 2.05) is 13.8 Å². The van der Waals surface area contributed by atoms with Crippen molar-refractivity contribution < 1.29 is 31.1 Å². The van der Waals surface area contributed by atoms with Crippen LogP contribution in [-0.4, -0.2) is 13.1 Å². The summed E-state index contributed by atoms with van der Waals surface area (Å²) < 4.78 is 0. The number of hydrogen-bond donors (Lipinski definition) is 0. The summed E-state index contributed by atoms with van der Waals surface area (Å²) in [4.78, 5) is 0. The molecule has 0 fully saturated rings. The van der Waals surface area contributed by atoms with Crippen molar-refractivity contribution in [1.82, 2.24) is 0 Å². The third kappa shape index (κ3) is 27.5. The van der Waals surface area contributed by atoms with E-state index >= 15 is 0 Å². The van der Waals surface area contributed by atoms with Gasteiger partial charge in [-0.25, -0.2) is 0 Å². The van der Waals surface area contributed by atoms with E-state index in [0.717, 1.165) is 13.1 Å². The third-order valence-electron chi connectivity index (χ3n) is 0.605. The number of hydrogen-bond acceptors (Lipinski definition) is 0. The van der Waals surface area contributed by atoms with Gasteiger partial charge in [-0.15, -0.1) is 6.54 Å². The Labute approximate surface area is 83.4 Å². The fraction of sp³-hybridized carbons (Fsp3) is 1.00. The molecule has 56 valence electrons. The van der Waals surface area contributed by atoms with Crippen LogP contribution in [0.25, 0.3) is 5.32 Å². The van der Waals surface area contributed by atoms with Gasteiger partial charge in [0.25, 0.3) is 0 Å². The molecule has 0 aromatic rings. The second kappa shape index (κ2) is 23.0. The quantitative estimate of drug-likeness (QED) is 0.692. The fourth-order valence-corrected chi connectivity index (χ4v) is 0.316. The van der Waals surface area contributed by atoms with Crippen LogP contribution in [0.4, 0.5) is 0 Å². The molecule has 0 aliphatic carbocycles. The van der Waals surface area contributed by atoms with Gasteiger partial charge >= 0.3 is 0 Å². The molecule has 0 aliphatic rings. The molecule has 0 rings (SSSR count). The Morgan fingerprint density at radius 3 is 1.67 bits per heavy atom. The summed E-state index contributed by atoms with van der Waals surface area (Å²) in [6.07, 6.45) is 1.19. The van der Waals surface area contributed by atoms with Gasteiger partial charge in [0, 0.05) is 31.1 Å². The van der Waals surface area contributed by atoms with Crippen molar-refractivity contribution in [2.75, 3.05) is 13.1 Å². The first-order valence-corrected chi connectivity index (χ1v) is 3.55. The van der Waals surface area contributed by atoms with Crippen molar-refractivity contribution >= 4 is 0 Å². The van der Waals surface area contributed by atoms with Crippen LogP contribution in [0.5, 0.6) is 0 Å². The molecule has 0 spiro atoms. The number of rotatable bonds is 3. The van der Waals surface area contributed by atoms with Crippen LogP contribution in [0.15, 0.2) is 0 Å². The van der Waals surface area contributed by atoms with Gasteiger partial charge in [-0.1, -0.05) is 34.1 Å². The third-order valence-corrected chi connectivity index (χ3v) is 0.605. The van der Waals surface area contributed by atoms with Crippen molar-refractivity contribution in [2.45, 2.75) is 34.1 Å². The maximum Gasteiger partial charge on any atom is 0 e. The first kappa shape index (κ1) is 16.5. The predicted molar refractivity (Wildman–Crippen MR) is 40.4 cm³/mol. The van der Waals surface area contributed by atoms with E-state index in [-0.39, 0.29) is 31.1 Å². The van der Waals surface area contributed by atoms with E-state index in [4.69, 9.17) is 0 Å². The van der Waals surface area contributed by atoms with Gasteiger partial charge in [-0.3, -0.25) is 0 Å². The van der Waals surface area contributed by atoms with E-state index in [1.54, 1.807) is 0 Å². The Morgan fingerprint density at radius 1 is 1.11 bits per heavy atom. The van der Waals surface area contributed by atoms with Crippen molar-refractivity contribution in [3.63, 3.8) is 0 Å². The Hall–Kier alpha value is 1.01. The minimum atomic E-state index is 0. The van der Waals surface area contributed by atoms with E-state index in [2.05, 4.69) is 19.2 Å². The minimum absolute atomic E-state index is 0. The van der Waals surface area contributed by atoms with Gasteiger partial charge in [0.05, 0.1) is 0 Å². The molecular formula is C7H18NU-. The van der Waals surface area contributed by atoms with Gasteiger partial charge in [0.15, 0.2) is 0 Å². The standard InChI is InChI=1S/C5H12N.C2H6.U/c1-3-5-6-4-2;1-2;/h3-5H2,1-2H3;1-2H3;/q-1;;. The monoisotopic (exact) mass is 354 g/mol. The molecule has 9 heavy (non-hydrogen) atoms. The molecule has 0 saturated heterocycles. The number of nitrogens with zero attached hydrogens (tertiary/aromatic N) is 1. The normalized spacial score (nSPS) is 6.67. The van der Waals surface area contributed by atoms with Crippen LogP contribution >= 0.6 is 0 Å². The van der Waals surface area contributed by atoms with Gasteiger partial charge in [0.2, 0.25) is 0 Å². The maximum atomic E-state index is 4.09. The van der Waals surface area contributed by atoms with Crippen LogP contribution in [-0.2, 0) is 0 Å². The largest absolute Gasteiger partial charge is 0.662 e. The topological polar surface area (TPSA) is 14.1 Å². The predicted octanol–water partition coefficient (Wildman–Crippen LogP) is 2.82. The SMILES string of the molecule is CC.CCC[N-]CC.[U]. The van der Waals surface area contributed by atoms with Gasteiger partial charge < -0.3 is 5.32 Å². The summed E-state index contributed by atoms with van der Waals surface area (Å²) in [5.41, 5.74) is 0. The van der Waals surface area contributed by atoms with Crippen LogP contribution in [0.2, 0.25) is 0 Å². The zero-order chi connectivity index (χ0) is 6.83. The van der Waals surface area contributed by atoms with E-state index in [0.29, 0.717) is 0 Å². The molecule has 0 heterocycles.